The molecule has 10 heteroatoms. The van der Waals surface area contributed by atoms with Gasteiger partial charge in [0, 0.05) is 24.8 Å². The van der Waals surface area contributed by atoms with Gasteiger partial charge in [-0.3, -0.25) is 9.48 Å². The molecule has 2 aromatic rings. The number of aromatic nitrogens is 2. The van der Waals surface area contributed by atoms with Crippen molar-refractivity contribution in [3.05, 3.63) is 41.2 Å². The molecule has 2 rings (SSSR count). The van der Waals surface area contributed by atoms with Gasteiger partial charge in [0.25, 0.3) is 0 Å². The van der Waals surface area contributed by atoms with Gasteiger partial charge in [-0.25, -0.2) is 0 Å². The third kappa shape index (κ3) is 5.47. The predicted molar refractivity (Wildman–Crippen MR) is 90.1 cm³/mol. The molecule has 1 heterocycles. The maximum Gasteiger partial charge on any atom is 0.387 e. The van der Waals surface area contributed by atoms with E-state index in [4.69, 9.17) is 0 Å². The number of hydrogen-bond acceptors (Lipinski definition) is 4. The van der Waals surface area contributed by atoms with E-state index in [9.17, 15) is 22.4 Å². The molecule has 146 valence electrons. The van der Waals surface area contributed by atoms with Crippen molar-refractivity contribution in [2.75, 3.05) is 5.32 Å². The summed E-state index contributed by atoms with van der Waals surface area (Å²) in [5.74, 6) is -1.27. The van der Waals surface area contributed by atoms with Crippen molar-refractivity contribution in [3.8, 4) is 11.5 Å². The first kappa shape index (κ1) is 20.3. The van der Waals surface area contributed by atoms with Gasteiger partial charge in [-0.2, -0.15) is 22.7 Å². The van der Waals surface area contributed by atoms with Crippen LogP contribution in [0.25, 0.3) is 6.08 Å². The summed E-state index contributed by atoms with van der Waals surface area (Å²) in [7, 11) is 1.73. The number of hydrogen-bond donors (Lipinski definition) is 1. The monoisotopic (exact) mass is 387 g/mol. The molecule has 0 bridgehead atoms. The molecule has 0 aliphatic heterocycles. The topological polar surface area (TPSA) is 65.4 Å². The fourth-order valence-corrected chi connectivity index (χ4v) is 2.31. The highest BCUT2D eigenvalue weighted by Gasteiger charge is 2.14. The normalized spacial score (nSPS) is 11.4. The number of anilines is 1. The lowest BCUT2D eigenvalue weighted by Gasteiger charge is -2.11. The highest BCUT2D eigenvalue weighted by Crippen LogP contribution is 2.28. The van der Waals surface area contributed by atoms with Gasteiger partial charge in [0.05, 0.1) is 17.1 Å². The van der Waals surface area contributed by atoms with Gasteiger partial charge in [-0.1, -0.05) is 0 Å². The van der Waals surface area contributed by atoms with E-state index in [1.807, 2.05) is 0 Å². The second kappa shape index (κ2) is 8.56. The van der Waals surface area contributed by atoms with Crippen LogP contribution in [-0.4, -0.2) is 28.9 Å². The fourth-order valence-electron chi connectivity index (χ4n) is 2.31. The van der Waals surface area contributed by atoms with Crippen LogP contribution in [0.15, 0.2) is 24.3 Å². The van der Waals surface area contributed by atoms with Crippen LogP contribution in [0, 0.1) is 13.8 Å². The molecule has 0 atom stereocenters. The Bertz CT molecular complexity index is 850. The Morgan fingerprint density at radius 3 is 2.41 bits per heavy atom. The maximum absolute atomic E-state index is 12.5. The van der Waals surface area contributed by atoms with E-state index in [1.54, 1.807) is 25.6 Å². The molecule has 0 saturated heterocycles. The lowest BCUT2D eigenvalue weighted by atomic mass is 10.1. The molecule has 0 fully saturated rings. The van der Waals surface area contributed by atoms with E-state index >= 15 is 0 Å². The summed E-state index contributed by atoms with van der Waals surface area (Å²) >= 11 is 0. The summed E-state index contributed by atoms with van der Waals surface area (Å²) in [6.45, 7) is -2.78. The molecular weight excluding hydrogens is 370 g/mol. The van der Waals surface area contributed by atoms with Gasteiger partial charge in [-0.15, -0.1) is 0 Å². The first-order chi connectivity index (χ1) is 12.7. The highest BCUT2D eigenvalue weighted by molar-refractivity contribution is 6.02. The van der Waals surface area contributed by atoms with Crippen molar-refractivity contribution in [2.24, 2.45) is 7.05 Å². The summed E-state index contributed by atoms with van der Waals surface area (Å²) in [6.07, 6.45) is 2.33. The zero-order valence-corrected chi connectivity index (χ0v) is 14.7. The largest absolute Gasteiger partial charge is 0.435 e. The molecule has 0 saturated carbocycles. The van der Waals surface area contributed by atoms with Crippen molar-refractivity contribution in [1.29, 1.82) is 0 Å². The first-order valence-electron chi connectivity index (χ1n) is 7.70. The summed E-state index contributed by atoms with van der Waals surface area (Å²) in [5, 5.41) is 6.81. The minimum Gasteiger partial charge on any atom is -0.435 e. The Morgan fingerprint density at radius 1 is 1.19 bits per heavy atom. The van der Waals surface area contributed by atoms with Crippen LogP contribution in [0.5, 0.6) is 11.5 Å². The minimum atomic E-state index is -3.17. The van der Waals surface area contributed by atoms with Gasteiger partial charge in [-0.05, 0) is 32.1 Å². The van der Waals surface area contributed by atoms with E-state index in [0.717, 1.165) is 23.9 Å². The Morgan fingerprint density at radius 2 is 1.85 bits per heavy atom. The van der Waals surface area contributed by atoms with Crippen molar-refractivity contribution >= 4 is 17.7 Å². The predicted octanol–water partition coefficient (Wildman–Crippen LogP) is 3.89. The molecule has 1 aromatic heterocycles. The number of carbonyl (C=O) groups is 1. The fraction of sp³-hybridized carbons (Fsp3) is 0.294. The SMILES string of the molecule is Cc1nn(C)c(C)c1NC(=O)/C=C/c1ccc(OC(F)F)cc1OC(F)F. The molecular formula is C17H17F4N3O3. The number of nitrogens with zero attached hydrogens (tertiary/aromatic N) is 2. The van der Waals surface area contributed by atoms with Crippen molar-refractivity contribution < 1.29 is 31.8 Å². The average Bonchev–Trinajstić information content (AvgIpc) is 2.79. The lowest BCUT2D eigenvalue weighted by molar-refractivity contribution is -0.111. The second-order valence-corrected chi connectivity index (χ2v) is 5.45. The van der Waals surface area contributed by atoms with Crippen LogP contribution >= 0.6 is 0 Å². The summed E-state index contributed by atoms with van der Waals surface area (Å²) in [5.41, 5.74) is 1.99. The summed E-state index contributed by atoms with van der Waals surface area (Å²) < 4.78 is 59.7. The summed E-state index contributed by atoms with van der Waals surface area (Å²) in [6, 6.07) is 3.27. The average molecular weight is 387 g/mol. The molecule has 0 spiro atoms. The van der Waals surface area contributed by atoms with Gasteiger partial charge < -0.3 is 14.8 Å². The van der Waals surface area contributed by atoms with Gasteiger partial charge >= 0.3 is 13.2 Å². The zero-order valence-electron chi connectivity index (χ0n) is 14.7. The Labute approximate surface area is 152 Å². The lowest BCUT2D eigenvalue weighted by Crippen LogP contribution is -2.09. The Balaban J connectivity index is 2.19. The number of benzene rings is 1. The number of halogens is 4. The van der Waals surface area contributed by atoms with Gasteiger partial charge in [0.2, 0.25) is 5.91 Å². The van der Waals surface area contributed by atoms with Crippen LogP contribution in [0.1, 0.15) is 17.0 Å². The maximum atomic E-state index is 12.5. The van der Waals surface area contributed by atoms with Crippen LogP contribution in [0.2, 0.25) is 0 Å². The van der Waals surface area contributed by atoms with Gasteiger partial charge in [0.15, 0.2) is 0 Å². The van der Waals surface area contributed by atoms with Crippen LogP contribution in [-0.2, 0) is 11.8 Å². The smallest absolute Gasteiger partial charge is 0.387 e. The van der Waals surface area contributed by atoms with E-state index in [0.29, 0.717) is 11.4 Å². The number of aryl methyl sites for hydroxylation is 2. The van der Waals surface area contributed by atoms with E-state index in [-0.39, 0.29) is 11.3 Å². The minimum absolute atomic E-state index is 0.0895. The Kier molecular flexibility index (Phi) is 6.43. The van der Waals surface area contributed by atoms with E-state index in [1.165, 1.54) is 12.1 Å². The van der Waals surface area contributed by atoms with Crippen LogP contribution < -0.4 is 14.8 Å². The molecule has 27 heavy (non-hydrogen) atoms. The molecule has 0 aliphatic rings. The molecule has 0 radical (unpaired) electrons. The van der Waals surface area contributed by atoms with E-state index < -0.39 is 24.9 Å². The van der Waals surface area contributed by atoms with Crippen molar-refractivity contribution in [2.45, 2.75) is 27.1 Å². The molecule has 6 nitrogen and oxygen atoms in total. The molecule has 1 amide bonds. The van der Waals surface area contributed by atoms with Crippen LogP contribution in [0.3, 0.4) is 0 Å². The standard InChI is InChI=1S/C17H17F4N3O3/c1-9-15(10(2)24(3)23-9)22-14(25)7-5-11-4-6-12(26-16(18)19)8-13(11)27-17(20)21/h4-8,16-17H,1-3H3,(H,22,25)/b7-5+. The quantitative estimate of drug-likeness (QED) is 0.578. The Hall–Kier alpha value is -3.04. The second-order valence-electron chi connectivity index (χ2n) is 5.45. The summed E-state index contributed by atoms with van der Waals surface area (Å²) in [4.78, 5) is 12.1. The molecule has 1 N–H and O–H groups in total. The number of carbonyl (C=O) groups excluding carboxylic acids is 1. The zero-order chi connectivity index (χ0) is 20.1. The third-order valence-corrected chi connectivity index (χ3v) is 3.60. The van der Waals surface area contributed by atoms with Crippen LogP contribution in [0.4, 0.5) is 23.2 Å². The first-order valence-corrected chi connectivity index (χ1v) is 7.70. The third-order valence-electron chi connectivity index (χ3n) is 3.60. The number of alkyl halides is 4. The number of rotatable bonds is 7. The number of ether oxygens (including phenoxy) is 2. The molecule has 0 unspecified atom stereocenters. The number of amides is 1. The van der Waals surface area contributed by atoms with Crippen molar-refractivity contribution in [1.82, 2.24) is 9.78 Å². The molecule has 0 aliphatic carbocycles. The molecule has 1 aromatic carbocycles. The van der Waals surface area contributed by atoms with Crippen molar-refractivity contribution in [3.63, 3.8) is 0 Å². The number of nitrogens with one attached hydrogen (secondary N) is 1. The highest BCUT2D eigenvalue weighted by atomic mass is 19.3. The van der Waals surface area contributed by atoms with Gasteiger partial charge in [0.1, 0.15) is 11.5 Å². The van der Waals surface area contributed by atoms with E-state index in [2.05, 4.69) is 19.9 Å².